The minimum absolute atomic E-state index is 0.266. The van der Waals surface area contributed by atoms with Gasteiger partial charge in [-0.15, -0.1) is 0 Å². The van der Waals surface area contributed by atoms with E-state index in [1.165, 1.54) is 0 Å². The van der Waals surface area contributed by atoms with Crippen molar-refractivity contribution in [2.75, 3.05) is 17.7 Å². The first-order chi connectivity index (χ1) is 8.60. The quantitative estimate of drug-likeness (QED) is 0.759. The summed E-state index contributed by atoms with van der Waals surface area (Å²) in [6.07, 6.45) is 3.65. The molecular formula is C13H21N3O2. The third kappa shape index (κ3) is 3.61. The highest BCUT2D eigenvalue weighted by atomic mass is 16.5. The van der Waals surface area contributed by atoms with Gasteiger partial charge in [-0.1, -0.05) is 13.3 Å². The van der Waals surface area contributed by atoms with Gasteiger partial charge in [-0.05, 0) is 26.3 Å². The highest BCUT2D eigenvalue weighted by Gasteiger charge is 2.15. The van der Waals surface area contributed by atoms with Gasteiger partial charge >= 0.3 is 5.97 Å². The number of nitrogens with one attached hydrogen (secondary N) is 1. The Hall–Kier alpha value is -1.78. The van der Waals surface area contributed by atoms with Gasteiger partial charge in [0.15, 0.2) is 0 Å². The molecule has 1 atom stereocenters. The van der Waals surface area contributed by atoms with Crippen LogP contribution in [-0.2, 0) is 4.74 Å². The lowest BCUT2D eigenvalue weighted by atomic mass is 10.1. The van der Waals surface area contributed by atoms with E-state index >= 15 is 0 Å². The van der Waals surface area contributed by atoms with E-state index in [-0.39, 0.29) is 6.04 Å². The molecule has 0 fully saturated rings. The fourth-order valence-electron chi connectivity index (χ4n) is 1.71. The van der Waals surface area contributed by atoms with Crippen molar-refractivity contribution in [3.8, 4) is 0 Å². The van der Waals surface area contributed by atoms with Gasteiger partial charge in [0.1, 0.15) is 5.82 Å². The van der Waals surface area contributed by atoms with Gasteiger partial charge in [-0.25, -0.2) is 9.78 Å². The van der Waals surface area contributed by atoms with Crippen LogP contribution in [-0.4, -0.2) is 23.6 Å². The standard InChI is InChI=1S/C13H21N3O2/c1-4-6-9(3)16-12-11(14)10(7-8-15-12)13(17)18-5-2/h7-9H,4-6,14H2,1-3H3,(H,15,16). The molecule has 5 heteroatoms. The second-order valence-corrected chi connectivity index (χ2v) is 4.18. The van der Waals surface area contributed by atoms with Crippen molar-refractivity contribution >= 4 is 17.5 Å². The third-order valence-electron chi connectivity index (χ3n) is 2.59. The van der Waals surface area contributed by atoms with E-state index in [4.69, 9.17) is 10.5 Å². The lowest BCUT2D eigenvalue weighted by molar-refractivity contribution is 0.0527. The second-order valence-electron chi connectivity index (χ2n) is 4.18. The maximum Gasteiger partial charge on any atom is 0.340 e. The summed E-state index contributed by atoms with van der Waals surface area (Å²) in [5.74, 6) is 0.130. The normalized spacial score (nSPS) is 11.9. The van der Waals surface area contributed by atoms with E-state index in [1.54, 1.807) is 19.2 Å². The van der Waals surface area contributed by atoms with Crippen molar-refractivity contribution in [3.05, 3.63) is 17.8 Å². The second kappa shape index (κ2) is 6.83. The molecule has 18 heavy (non-hydrogen) atoms. The molecule has 3 N–H and O–H groups in total. The van der Waals surface area contributed by atoms with Crippen LogP contribution in [0.5, 0.6) is 0 Å². The molecule has 1 unspecified atom stereocenters. The number of nitrogens with two attached hydrogens (primary N) is 1. The van der Waals surface area contributed by atoms with Crippen LogP contribution in [0.3, 0.4) is 0 Å². The number of pyridine rings is 1. The Morgan fingerprint density at radius 2 is 2.28 bits per heavy atom. The molecule has 0 aliphatic carbocycles. The molecule has 0 radical (unpaired) electrons. The third-order valence-corrected chi connectivity index (χ3v) is 2.59. The first-order valence-corrected chi connectivity index (χ1v) is 6.28. The van der Waals surface area contributed by atoms with Crippen molar-refractivity contribution in [1.82, 2.24) is 4.98 Å². The zero-order chi connectivity index (χ0) is 13.5. The first kappa shape index (κ1) is 14.3. The summed E-state index contributed by atoms with van der Waals surface area (Å²) >= 11 is 0. The minimum atomic E-state index is -0.413. The zero-order valence-electron chi connectivity index (χ0n) is 11.2. The van der Waals surface area contributed by atoms with E-state index in [9.17, 15) is 4.79 Å². The molecule has 0 saturated heterocycles. The summed E-state index contributed by atoms with van der Waals surface area (Å²) in [5, 5.41) is 3.20. The van der Waals surface area contributed by atoms with Crippen LogP contribution in [0, 0.1) is 0 Å². The fourth-order valence-corrected chi connectivity index (χ4v) is 1.71. The van der Waals surface area contributed by atoms with Crippen LogP contribution in [0.2, 0.25) is 0 Å². The van der Waals surface area contributed by atoms with Crippen LogP contribution in [0.4, 0.5) is 11.5 Å². The van der Waals surface area contributed by atoms with Crippen molar-refractivity contribution in [2.45, 2.75) is 39.7 Å². The van der Waals surface area contributed by atoms with Gasteiger partial charge in [0.05, 0.1) is 17.9 Å². The maximum absolute atomic E-state index is 11.7. The Balaban J connectivity index is 2.88. The molecule has 0 saturated carbocycles. The molecule has 0 aliphatic rings. The predicted octanol–water partition coefficient (Wildman–Crippen LogP) is 2.44. The van der Waals surface area contributed by atoms with E-state index in [0.717, 1.165) is 12.8 Å². The van der Waals surface area contributed by atoms with Crippen LogP contribution in [0.25, 0.3) is 0 Å². The Morgan fingerprint density at radius 3 is 2.89 bits per heavy atom. The SMILES string of the molecule is CCCC(C)Nc1nccc(C(=O)OCC)c1N. The smallest absolute Gasteiger partial charge is 0.340 e. The summed E-state index contributed by atoms with van der Waals surface area (Å²) in [5.41, 5.74) is 6.64. The molecule has 0 aromatic carbocycles. The topological polar surface area (TPSA) is 77.2 Å². The molecule has 1 heterocycles. The maximum atomic E-state index is 11.7. The number of rotatable bonds is 6. The number of esters is 1. The molecule has 0 amide bonds. The van der Waals surface area contributed by atoms with Gasteiger partial charge in [0.25, 0.3) is 0 Å². The summed E-state index contributed by atoms with van der Waals surface area (Å²) in [7, 11) is 0. The number of nitrogens with zero attached hydrogens (tertiary/aromatic N) is 1. The highest BCUT2D eigenvalue weighted by Crippen LogP contribution is 2.22. The van der Waals surface area contributed by atoms with E-state index in [0.29, 0.717) is 23.7 Å². The summed E-state index contributed by atoms with van der Waals surface area (Å²) < 4.78 is 4.94. The molecule has 1 aromatic heterocycles. The molecule has 1 aromatic rings. The zero-order valence-corrected chi connectivity index (χ0v) is 11.2. The summed E-state index contributed by atoms with van der Waals surface area (Å²) in [6.45, 7) is 6.26. The van der Waals surface area contributed by atoms with Crippen LogP contribution in [0.1, 0.15) is 44.0 Å². The number of anilines is 2. The lowest BCUT2D eigenvalue weighted by Gasteiger charge is -2.16. The van der Waals surface area contributed by atoms with Gasteiger partial charge < -0.3 is 15.8 Å². The molecular weight excluding hydrogens is 230 g/mol. The molecule has 0 spiro atoms. The number of aromatic nitrogens is 1. The Kier molecular flexibility index (Phi) is 5.42. The molecule has 1 rings (SSSR count). The largest absolute Gasteiger partial charge is 0.462 e. The van der Waals surface area contributed by atoms with E-state index in [2.05, 4.69) is 24.1 Å². The number of hydrogen-bond acceptors (Lipinski definition) is 5. The molecule has 5 nitrogen and oxygen atoms in total. The van der Waals surface area contributed by atoms with Crippen molar-refractivity contribution in [1.29, 1.82) is 0 Å². The number of ether oxygens (including phenoxy) is 1. The van der Waals surface area contributed by atoms with Crippen molar-refractivity contribution in [3.63, 3.8) is 0 Å². The average Bonchev–Trinajstić information content (AvgIpc) is 2.32. The van der Waals surface area contributed by atoms with Gasteiger partial charge in [0.2, 0.25) is 0 Å². The highest BCUT2D eigenvalue weighted by molar-refractivity contribution is 5.97. The first-order valence-electron chi connectivity index (χ1n) is 6.28. The minimum Gasteiger partial charge on any atom is -0.462 e. The summed E-state index contributed by atoms with van der Waals surface area (Å²) in [6, 6.07) is 1.84. The Bertz CT molecular complexity index is 407. The van der Waals surface area contributed by atoms with Crippen molar-refractivity contribution in [2.24, 2.45) is 0 Å². The molecule has 0 aliphatic heterocycles. The van der Waals surface area contributed by atoms with Crippen LogP contribution >= 0.6 is 0 Å². The van der Waals surface area contributed by atoms with Crippen LogP contribution < -0.4 is 11.1 Å². The van der Waals surface area contributed by atoms with Gasteiger partial charge in [-0.3, -0.25) is 0 Å². The number of carbonyl (C=O) groups excluding carboxylic acids is 1. The molecule has 0 bridgehead atoms. The lowest BCUT2D eigenvalue weighted by Crippen LogP contribution is -2.18. The predicted molar refractivity (Wildman–Crippen MR) is 72.6 cm³/mol. The molecule has 100 valence electrons. The number of hydrogen-bond donors (Lipinski definition) is 2. The van der Waals surface area contributed by atoms with Gasteiger partial charge in [0, 0.05) is 12.2 Å². The van der Waals surface area contributed by atoms with Crippen molar-refractivity contribution < 1.29 is 9.53 Å². The average molecular weight is 251 g/mol. The Labute approximate surface area is 108 Å². The Morgan fingerprint density at radius 1 is 1.56 bits per heavy atom. The fraction of sp³-hybridized carbons (Fsp3) is 0.538. The van der Waals surface area contributed by atoms with E-state index in [1.807, 2.05) is 0 Å². The number of nitrogen functional groups attached to an aromatic ring is 1. The number of carbonyl (C=O) groups is 1. The van der Waals surface area contributed by atoms with Crippen LogP contribution in [0.15, 0.2) is 12.3 Å². The monoisotopic (exact) mass is 251 g/mol. The van der Waals surface area contributed by atoms with E-state index < -0.39 is 5.97 Å². The summed E-state index contributed by atoms with van der Waals surface area (Å²) in [4.78, 5) is 15.8. The van der Waals surface area contributed by atoms with Gasteiger partial charge in [-0.2, -0.15) is 0 Å².